The number of aryl methyl sites for hydroxylation is 1. The highest BCUT2D eigenvalue weighted by atomic mass is 32.2. The van der Waals surface area contributed by atoms with E-state index >= 15 is 0 Å². The van der Waals surface area contributed by atoms with Crippen molar-refractivity contribution in [1.82, 2.24) is 4.31 Å². The van der Waals surface area contributed by atoms with Gasteiger partial charge in [-0.1, -0.05) is 25.1 Å². The van der Waals surface area contributed by atoms with E-state index in [0.717, 1.165) is 9.87 Å². The number of aliphatic carboxylic acids is 1. The van der Waals surface area contributed by atoms with Crippen LogP contribution in [0.25, 0.3) is 0 Å². The first-order valence-corrected chi connectivity index (χ1v) is 7.09. The first kappa shape index (κ1) is 14.7. The third kappa shape index (κ3) is 3.30. The Morgan fingerprint density at radius 3 is 2.50 bits per heavy atom. The van der Waals surface area contributed by atoms with Gasteiger partial charge in [0.25, 0.3) is 0 Å². The molecule has 100 valence electrons. The molecule has 0 amide bonds. The summed E-state index contributed by atoms with van der Waals surface area (Å²) in [6, 6.07) is 6.76. The van der Waals surface area contributed by atoms with Crippen LogP contribution in [0.1, 0.15) is 18.9 Å². The Balaban J connectivity index is 3.02. The highest BCUT2D eigenvalue weighted by molar-refractivity contribution is 7.89. The number of hydrogen-bond acceptors (Lipinski definition) is 3. The van der Waals surface area contributed by atoms with Crippen molar-refractivity contribution in [2.45, 2.75) is 24.7 Å². The van der Waals surface area contributed by atoms with E-state index < -0.39 is 16.0 Å². The molecule has 0 unspecified atom stereocenters. The van der Waals surface area contributed by atoms with Crippen LogP contribution in [0.4, 0.5) is 0 Å². The minimum absolute atomic E-state index is 0.0320. The Kier molecular flexibility index (Phi) is 4.86. The van der Waals surface area contributed by atoms with Gasteiger partial charge < -0.3 is 5.11 Å². The summed E-state index contributed by atoms with van der Waals surface area (Å²) in [7, 11) is -2.21. The van der Waals surface area contributed by atoms with Gasteiger partial charge in [-0.15, -0.1) is 0 Å². The summed E-state index contributed by atoms with van der Waals surface area (Å²) in [5.74, 6) is -1.01. The highest BCUT2D eigenvalue weighted by Gasteiger charge is 2.23. The predicted octanol–water partition coefficient (Wildman–Crippen LogP) is 1.34. The monoisotopic (exact) mass is 271 g/mol. The van der Waals surface area contributed by atoms with Gasteiger partial charge in [0, 0.05) is 13.6 Å². The summed E-state index contributed by atoms with van der Waals surface area (Å²) >= 11 is 0. The second-order valence-electron chi connectivity index (χ2n) is 3.93. The van der Waals surface area contributed by atoms with Crippen molar-refractivity contribution < 1.29 is 18.3 Å². The lowest BCUT2D eigenvalue weighted by atomic mass is 10.2. The maximum Gasteiger partial charge on any atom is 0.304 e. The maximum absolute atomic E-state index is 12.3. The number of sulfonamides is 1. The van der Waals surface area contributed by atoms with Crippen LogP contribution in [-0.4, -0.2) is 37.4 Å². The maximum atomic E-state index is 12.3. The topological polar surface area (TPSA) is 74.7 Å². The Hall–Kier alpha value is -1.40. The molecule has 0 aliphatic heterocycles. The summed E-state index contributed by atoms with van der Waals surface area (Å²) in [5, 5.41) is 8.58. The van der Waals surface area contributed by atoms with Gasteiger partial charge in [0.2, 0.25) is 10.0 Å². The number of rotatable bonds is 6. The van der Waals surface area contributed by atoms with Crippen molar-refractivity contribution in [1.29, 1.82) is 0 Å². The molecule has 0 aliphatic rings. The van der Waals surface area contributed by atoms with Gasteiger partial charge in [-0.05, 0) is 18.1 Å². The van der Waals surface area contributed by atoms with Crippen molar-refractivity contribution in [3.8, 4) is 0 Å². The van der Waals surface area contributed by atoms with Crippen LogP contribution in [0, 0.1) is 0 Å². The van der Waals surface area contributed by atoms with Crippen LogP contribution >= 0.6 is 0 Å². The molecule has 1 aromatic rings. The molecule has 0 aromatic heterocycles. The number of carbonyl (C=O) groups is 1. The fraction of sp³-hybridized carbons (Fsp3) is 0.417. The molecule has 0 saturated heterocycles. The van der Waals surface area contributed by atoms with Crippen LogP contribution in [0.5, 0.6) is 0 Å². The number of carboxylic acids is 1. The van der Waals surface area contributed by atoms with Gasteiger partial charge in [0.15, 0.2) is 0 Å². The molecule has 0 fully saturated rings. The third-order valence-corrected chi connectivity index (χ3v) is 4.64. The first-order chi connectivity index (χ1) is 8.39. The Morgan fingerprint density at radius 2 is 1.94 bits per heavy atom. The molecule has 1 aromatic carbocycles. The van der Waals surface area contributed by atoms with Crippen LogP contribution in [0.15, 0.2) is 29.2 Å². The largest absolute Gasteiger partial charge is 0.481 e. The van der Waals surface area contributed by atoms with Crippen molar-refractivity contribution >= 4 is 16.0 Å². The van der Waals surface area contributed by atoms with Gasteiger partial charge in [0.05, 0.1) is 11.3 Å². The Morgan fingerprint density at radius 1 is 1.33 bits per heavy atom. The zero-order valence-electron chi connectivity index (χ0n) is 10.5. The van der Waals surface area contributed by atoms with Crippen LogP contribution in [0.2, 0.25) is 0 Å². The van der Waals surface area contributed by atoms with Gasteiger partial charge >= 0.3 is 5.97 Å². The average Bonchev–Trinajstić information content (AvgIpc) is 2.35. The Labute approximate surface area is 107 Å². The molecule has 6 heteroatoms. The minimum atomic E-state index is -3.61. The second kappa shape index (κ2) is 5.97. The van der Waals surface area contributed by atoms with Crippen LogP contribution in [0.3, 0.4) is 0 Å². The van der Waals surface area contributed by atoms with Crippen molar-refractivity contribution in [3.63, 3.8) is 0 Å². The standard InChI is InChI=1S/C12H17NO4S/c1-3-10-6-4-5-7-11(10)18(16,17)13(2)9-8-12(14)15/h4-7H,3,8-9H2,1-2H3,(H,14,15). The normalized spacial score (nSPS) is 11.7. The van der Waals surface area contributed by atoms with Gasteiger partial charge in [0.1, 0.15) is 0 Å². The summed E-state index contributed by atoms with van der Waals surface area (Å²) < 4.78 is 25.6. The van der Waals surface area contributed by atoms with E-state index in [-0.39, 0.29) is 17.9 Å². The van der Waals surface area contributed by atoms with E-state index in [0.29, 0.717) is 6.42 Å². The molecular formula is C12H17NO4S. The highest BCUT2D eigenvalue weighted by Crippen LogP contribution is 2.19. The quantitative estimate of drug-likeness (QED) is 0.847. The number of carboxylic acid groups (broad SMARTS) is 1. The average molecular weight is 271 g/mol. The second-order valence-corrected chi connectivity index (χ2v) is 5.94. The predicted molar refractivity (Wildman–Crippen MR) is 67.9 cm³/mol. The molecule has 0 atom stereocenters. The molecular weight excluding hydrogens is 254 g/mol. The molecule has 0 aliphatic carbocycles. The molecule has 5 nitrogen and oxygen atoms in total. The van der Waals surface area contributed by atoms with Gasteiger partial charge in [-0.25, -0.2) is 12.7 Å². The molecule has 1 N–H and O–H groups in total. The van der Waals surface area contributed by atoms with Crippen molar-refractivity contribution in [2.24, 2.45) is 0 Å². The minimum Gasteiger partial charge on any atom is -0.481 e. The lowest BCUT2D eigenvalue weighted by Gasteiger charge is -2.18. The zero-order chi connectivity index (χ0) is 13.8. The third-order valence-electron chi connectivity index (χ3n) is 2.68. The molecule has 0 spiro atoms. The molecule has 0 saturated carbocycles. The SMILES string of the molecule is CCc1ccccc1S(=O)(=O)N(C)CCC(=O)O. The smallest absolute Gasteiger partial charge is 0.304 e. The zero-order valence-corrected chi connectivity index (χ0v) is 11.3. The lowest BCUT2D eigenvalue weighted by molar-refractivity contribution is -0.137. The van der Waals surface area contributed by atoms with E-state index in [1.165, 1.54) is 7.05 Å². The first-order valence-electron chi connectivity index (χ1n) is 5.65. The molecule has 1 rings (SSSR count). The summed E-state index contributed by atoms with van der Waals surface area (Å²) in [5.41, 5.74) is 0.736. The van der Waals surface area contributed by atoms with Crippen LogP contribution in [-0.2, 0) is 21.2 Å². The van der Waals surface area contributed by atoms with E-state index in [1.54, 1.807) is 24.3 Å². The summed E-state index contributed by atoms with van der Waals surface area (Å²) in [4.78, 5) is 10.7. The summed E-state index contributed by atoms with van der Waals surface area (Å²) in [6.07, 6.45) is 0.409. The van der Waals surface area contributed by atoms with E-state index in [4.69, 9.17) is 5.11 Å². The van der Waals surface area contributed by atoms with Gasteiger partial charge in [-0.2, -0.15) is 0 Å². The molecule has 18 heavy (non-hydrogen) atoms. The molecule has 0 heterocycles. The van der Waals surface area contributed by atoms with Crippen molar-refractivity contribution in [2.75, 3.05) is 13.6 Å². The van der Waals surface area contributed by atoms with E-state index in [2.05, 4.69) is 0 Å². The number of hydrogen-bond donors (Lipinski definition) is 1. The van der Waals surface area contributed by atoms with E-state index in [9.17, 15) is 13.2 Å². The van der Waals surface area contributed by atoms with E-state index in [1.807, 2.05) is 6.92 Å². The fourth-order valence-electron chi connectivity index (χ4n) is 1.59. The lowest BCUT2D eigenvalue weighted by Crippen LogP contribution is -2.29. The van der Waals surface area contributed by atoms with Crippen molar-refractivity contribution in [3.05, 3.63) is 29.8 Å². The fourth-order valence-corrected chi connectivity index (χ4v) is 3.05. The number of nitrogens with zero attached hydrogens (tertiary/aromatic N) is 1. The van der Waals surface area contributed by atoms with Gasteiger partial charge in [-0.3, -0.25) is 4.79 Å². The number of benzene rings is 1. The Bertz CT molecular complexity index is 525. The molecule has 0 bridgehead atoms. The summed E-state index contributed by atoms with van der Waals surface area (Å²) in [6.45, 7) is 1.85. The molecule has 0 radical (unpaired) electrons. The van der Waals surface area contributed by atoms with Crippen LogP contribution < -0.4 is 0 Å².